The van der Waals surface area contributed by atoms with Gasteiger partial charge in [-0.3, -0.25) is 14.5 Å². The van der Waals surface area contributed by atoms with Gasteiger partial charge >= 0.3 is 5.91 Å². The van der Waals surface area contributed by atoms with Gasteiger partial charge in [0.1, 0.15) is 30.5 Å². The monoisotopic (exact) mass is 577 g/mol. The third kappa shape index (κ3) is 4.75. The van der Waals surface area contributed by atoms with Crippen LogP contribution in [0.1, 0.15) is 22.7 Å². The SMILES string of the molecule is O=C1C(=O)N(c2nnc(SCc3ccccc3F)s2)C(c2cccc(O)c2)/C1=C(/O)c1ccc2c(c1)OCCO2. The standard InChI is InChI=1S/C28H20FN3O6S2/c29-19-7-2-1-4-17(19)14-39-28-31-30-27(40-28)32-23(15-5-3-6-18(33)12-15)22(25(35)26(32)36)24(34)16-8-9-20-21(13-16)38-11-10-37-20/h1-9,12-13,23,33-34H,10-11,14H2/b24-22-. The molecule has 3 aromatic carbocycles. The number of benzene rings is 3. The molecular formula is C28H20FN3O6S2. The van der Waals surface area contributed by atoms with Crippen LogP contribution in [0.2, 0.25) is 0 Å². The molecule has 2 aliphatic heterocycles. The first kappa shape index (κ1) is 25.8. The molecule has 0 radical (unpaired) electrons. The number of hydrogen-bond donors (Lipinski definition) is 2. The summed E-state index contributed by atoms with van der Waals surface area (Å²) in [5, 5.41) is 29.9. The number of halogens is 1. The topological polar surface area (TPSA) is 122 Å². The van der Waals surface area contributed by atoms with Crippen LogP contribution in [0, 0.1) is 5.82 Å². The fourth-order valence-corrected chi connectivity index (χ4v) is 6.35. The lowest BCUT2D eigenvalue weighted by molar-refractivity contribution is -0.132. The van der Waals surface area contributed by atoms with Crippen molar-refractivity contribution >= 4 is 45.7 Å². The number of nitrogens with zero attached hydrogens (tertiary/aromatic N) is 3. The van der Waals surface area contributed by atoms with Crippen molar-refractivity contribution in [2.45, 2.75) is 16.1 Å². The molecule has 1 unspecified atom stereocenters. The van der Waals surface area contributed by atoms with Crippen LogP contribution in [0.4, 0.5) is 9.52 Å². The van der Waals surface area contributed by atoms with Crippen molar-refractivity contribution in [3.05, 3.63) is 94.8 Å². The zero-order valence-corrected chi connectivity index (χ0v) is 22.2. The van der Waals surface area contributed by atoms with Crippen molar-refractivity contribution < 1.29 is 33.7 Å². The minimum absolute atomic E-state index is 0.0826. The largest absolute Gasteiger partial charge is 0.508 e. The quantitative estimate of drug-likeness (QED) is 0.106. The summed E-state index contributed by atoms with van der Waals surface area (Å²) in [5.74, 6) is -1.47. The summed E-state index contributed by atoms with van der Waals surface area (Å²) >= 11 is 2.30. The maximum Gasteiger partial charge on any atom is 0.301 e. The smallest absolute Gasteiger partial charge is 0.301 e. The summed E-state index contributed by atoms with van der Waals surface area (Å²) in [5.41, 5.74) is 0.951. The fraction of sp³-hybridized carbons (Fsp3) is 0.143. The van der Waals surface area contributed by atoms with E-state index in [2.05, 4.69) is 10.2 Å². The molecule has 0 saturated carbocycles. The normalized spacial score (nSPS) is 17.8. The lowest BCUT2D eigenvalue weighted by Crippen LogP contribution is -2.29. The molecule has 3 heterocycles. The number of thioether (sulfide) groups is 1. The fourth-order valence-electron chi connectivity index (χ4n) is 4.50. The number of aromatic hydroxyl groups is 1. The molecule has 9 nitrogen and oxygen atoms in total. The maximum atomic E-state index is 14.1. The zero-order valence-electron chi connectivity index (χ0n) is 20.6. The molecule has 0 aliphatic carbocycles. The molecule has 1 fully saturated rings. The number of fused-ring (bicyclic) bond motifs is 1. The Bertz CT molecular complexity index is 1670. The van der Waals surface area contributed by atoms with Crippen molar-refractivity contribution in [1.82, 2.24) is 10.2 Å². The number of ketones is 1. The molecule has 1 amide bonds. The highest BCUT2D eigenvalue weighted by molar-refractivity contribution is 8.00. The van der Waals surface area contributed by atoms with E-state index in [-0.39, 0.29) is 27.8 Å². The van der Waals surface area contributed by atoms with Crippen LogP contribution in [0.25, 0.3) is 5.76 Å². The van der Waals surface area contributed by atoms with E-state index in [4.69, 9.17) is 9.47 Å². The Balaban J connectivity index is 1.39. The summed E-state index contributed by atoms with van der Waals surface area (Å²) < 4.78 is 25.7. The predicted molar refractivity (Wildman–Crippen MR) is 146 cm³/mol. The van der Waals surface area contributed by atoms with Gasteiger partial charge in [0.2, 0.25) is 5.13 Å². The number of Topliss-reactive ketones (excluding diaryl/α,β-unsaturated/α-hetero) is 1. The van der Waals surface area contributed by atoms with Crippen LogP contribution in [0.15, 0.2) is 76.6 Å². The highest BCUT2D eigenvalue weighted by Gasteiger charge is 2.48. The number of carbonyl (C=O) groups excluding carboxylic acids is 2. The van der Waals surface area contributed by atoms with Gasteiger partial charge in [0.15, 0.2) is 15.8 Å². The van der Waals surface area contributed by atoms with Crippen molar-refractivity contribution in [2.75, 3.05) is 18.1 Å². The molecule has 2 aliphatic rings. The van der Waals surface area contributed by atoms with Crippen LogP contribution in [-0.2, 0) is 15.3 Å². The molecule has 40 heavy (non-hydrogen) atoms. The van der Waals surface area contributed by atoms with Crippen LogP contribution < -0.4 is 14.4 Å². The van der Waals surface area contributed by atoms with Crippen molar-refractivity contribution in [3.8, 4) is 17.2 Å². The van der Waals surface area contributed by atoms with E-state index in [1.54, 1.807) is 48.5 Å². The van der Waals surface area contributed by atoms with E-state index in [0.717, 1.165) is 16.2 Å². The second kappa shape index (κ2) is 10.6. The Labute approximate surface area is 235 Å². The molecular weight excluding hydrogens is 557 g/mol. The number of hydrogen-bond acceptors (Lipinski definition) is 10. The van der Waals surface area contributed by atoms with Crippen LogP contribution in [-0.4, -0.2) is 45.3 Å². The predicted octanol–water partition coefficient (Wildman–Crippen LogP) is 5.07. The van der Waals surface area contributed by atoms with Gasteiger partial charge in [-0.2, -0.15) is 0 Å². The number of carbonyl (C=O) groups is 2. The number of ether oxygens (including phenoxy) is 2. The first-order valence-electron chi connectivity index (χ1n) is 12.1. The summed E-state index contributed by atoms with van der Waals surface area (Å²) in [7, 11) is 0. The van der Waals surface area contributed by atoms with Crippen molar-refractivity contribution in [1.29, 1.82) is 0 Å². The summed E-state index contributed by atoms with van der Waals surface area (Å²) in [4.78, 5) is 27.9. The average molecular weight is 578 g/mol. The van der Waals surface area contributed by atoms with E-state index in [9.17, 15) is 24.2 Å². The third-order valence-corrected chi connectivity index (χ3v) is 8.46. The molecule has 0 spiro atoms. The van der Waals surface area contributed by atoms with Crippen molar-refractivity contribution in [2.24, 2.45) is 0 Å². The lowest BCUT2D eigenvalue weighted by Gasteiger charge is -2.23. The number of anilines is 1. The Hall–Kier alpha value is -4.42. The Morgan fingerprint density at radius 3 is 2.62 bits per heavy atom. The molecule has 1 saturated heterocycles. The van der Waals surface area contributed by atoms with Gasteiger partial charge in [0.05, 0.1) is 11.6 Å². The molecule has 4 aromatic rings. The van der Waals surface area contributed by atoms with Gasteiger partial charge < -0.3 is 19.7 Å². The Kier molecular flexibility index (Phi) is 6.86. The highest BCUT2D eigenvalue weighted by atomic mass is 32.2. The molecule has 1 atom stereocenters. The van der Waals surface area contributed by atoms with Crippen LogP contribution >= 0.6 is 23.1 Å². The maximum absolute atomic E-state index is 14.1. The van der Waals surface area contributed by atoms with Gasteiger partial charge in [-0.15, -0.1) is 10.2 Å². The van der Waals surface area contributed by atoms with Crippen LogP contribution in [0.3, 0.4) is 0 Å². The second-order valence-corrected chi connectivity index (χ2v) is 11.0. The van der Waals surface area contributed by atoms with Crippen LogP contribution in [0.5, 0.6) is 17.2 Å². The Morgan fingerprint density at radius 1 is 1.02 bits per heavy atom. The van der Waals surface area contributed by atoms with Gasteiger partial charge in [-0.1, -0.05) is 53.4 Å². The zero-order chi connectivity index (χ0) is 27.8. The van der Waals surface area contributed by atoms with Gasteiger partial charge in [0.25, 0.3) is 5.78 Å². The summed E-state index contributed by atoms with van der Waals surface area (Å²) in [6, 6.07) is 16.1. The first-order valence-corrected chi connectivity index (χ1v) is 13.9. The summed E-state index contributed by atoms with van der Waals surface area (Å²) in [6.07, 6.45) is 0. The van der Waals surface area contributed by atoms with E-state index in [0.29, 0.717) is 45.9 Å². The number of phenols is 1. The minimum atomic E-state index is -1.10. The number of rotatable bonds is 6. The Morgan fingerprint density at radius 2 is 1.82 bits per heavy atom. The molecule has 0 bridgehead atoms. The van der Waals surface area contributed by atoms with E-state index in [1.807, 2.05) is 0 Å². The van der Waals surface area contributed by atoms with E-state index in [1.165, 1.54) is 30.0 Å². The van der Waals surface area contributed by atoms with Gasteiger partial charge in [0, 0.05) is 11.3 Å². The molecule has 202 valence electrons. The lowest BCUT2D eigenvalue weighted by atomic mass is 9.95. The highest BCUT2D eigenvalue weighted by Crippen LogP contribution is 2.45. The molecule has 1 aromatic heterocycles. The van der Waals surface area contributed by atoms with Gasteiger partial charge in [-0.25, -0.2) is 4.39 Å². The number of amides is 1. The third-order valence-electron chi connectivity index (χ3n) is 6.36. The second-order valence-electron chi connectivity index (χ2n) is 8.85. The molecule has 6 rings (SSSR count). The number of aliphatic hydroxyl groups is 1. The average Bonchev–Trinajstić information content (AvgIpc) is 3.54. The number of aromatic nitrogens is 2. The van der Waals surface area contributed by atoms with E-state index >= 15 is 0 Å². The van der Waals surface area contributed by atoms with Crippen molar-refractivity contribution in [3.63, 3.8) is 0 Å². The number of phenolic OH excluding ortho intramolecular Hbond substituents is 1. The molecule has 2 N–H and O–H groups in total. The number of aliphatic hydroxyl groups excluding tert-OH is 1. The summed E-state index contributed by atoms with van der Waals surface area (Å²) in [6.45, 7) is 0.725. The van der Waals surface area contributed by atoms with E-state index < -0.39 is 23.5 Å². The minimum Gasteiger partial charge on any atom is -0.508 e. The first-order chi connectivity index (χ1) is 19.4. The van der Waals surface area contributed by atoms with Gasteiger partial charge in [-0.05, 0) is 47.5 Å². The molecule has 12 heteroatoms.